The smallest absolute Gasteiger partial charge is 0.125 e. The average molecular weight is 152 g/mol. The van der Waals surface area contributed by atoms with Gasteiger partial charge < -0.3 is 9.53 Å². The second-order valence-corrected chi connectivity index (χ2v) is 3.38. The van der Waals surface area contributed by atoms with Crippen LogP contribution >= 0.6 is 0 Å². The summed E-state index contributed by atoms with van der Waals surface area (Å²) in [7, 11) is 0. The first-order valence-electron chi connectivity index (χ1n) is 4.08. The van der Waals surface area contributed by atoms with E-state index in [1.165, 1.54) is 5.57 Å². The second-order valence-electron chi connectivity index (χ2n) is 3.38. The third-order valence-corrected chi connectivity index (χ3v) is 2.66. The normalized spacial score (nSPS) is 41.9. The summed E-state index contributed by atoms with van der Waals surface area (Å²) in [6, 6.07) is 0. The van der Waals surface area contributed by atoms with Crippen molar-refractivity contribution in [3.05, 3.63) is 11.6 Å². The van der Waals surface area contributed by atoms with E-state index in [-0.39, 0.29) is 18.1 Å². The van der Waals surface area contributed by atoms with E-state index in [1.807, 2.05) is 0 Å². The van der Waals surface area contributed by atoms with E-state index in [9.17, 15) is 4.79 Å². The van der Waals surface area contributed by atoms with Crippen molar-refractivity contribution in [1.29, 1.82) is 0 Å². The Morgan fingerprint density at radius 1 is 1.73 bits per heavy atom. The Bertz CT molecular complexity index is 208. The molecule has 0 amide bonds. The van der Waals surface area contributed by atoms with Crippen LogP contribution in [0.1, 0.15) is 19.8 Å². The fourth-order valence-corrected chi connectivity index (χ4v) is 1.87. The lowest BCUT2D eigenvalue weighted by Gasteiger charge is -2.19. The fraction of sp³-hybridized carbons (Fsp3) is 0.667. The fourth-order valence-electron chi connectivity index (χ4n) is 1.87. The second kappa shape index (κ2) is 2.45. The van der Waals surface area contributed by atoms with Crippen LogP contribution in [0.5, 0.6) is 0 Å². The molecular weight excluding hydrogens is 140 g/mol. The van der Waals surface area contributed by atoms with E-state index in [0.29, 0.717) is 0 Å². The predicted molar refractivity (Wildman–Crippen MR) is 41.2 cm³/mol. The van der Waals surface area contributed by atoms with Gasteiger partial charge in [-0.25, -0.2) is 0 Å². The Balaban J connectivity index is 2.18. The molecule has 60 valence electrons. The minimum absolute atomic E-state index is 0.147. The number of carbonyl (C=O) groups is 1. The molecule has 11 heavy (non-hydrogen) atoms. The van der Waals surface area contributed by atoms with E-state index in [4.69, 9.17) is 4.74 Å². The first kappa shape index (κ1) is 7.04. The zero-order valence-corrected chi connectivity index (χ0v) is 6.62. The van der Waals surface area contributed by atoms with Crippen LogP contribution in [0.2, 0.25) is 0 Å². The SMILES string of the molecule is CC1=CC[C@H]2O[C@@H]1C[C@H]2C=O. The molecule has 2 rings (SSSR count). The lowest BCUT2D eigenvalue weighted by atomic mass is 10.0. The summed E-state index contributed by atoms with van der Waals surface area (Å²) >= 11 is 0. The predicted octanol–water partition coefficient (Wildman–Crippen LogP) is 1.31. The van der Waals surface area contributed by atoms with Gasteiger partial charge in [-0.15, -0.1) is 0 Å². The molecule has 0 aromatic heterocycles. The molecule has 0 aromatic carbocycles. The van der Waals surface area contributed by atoms with Crippen molar-refractivity contribution in [1.82, 2.24) is 0 Å². The molecule has 0 saturated carbocycles. The van der Waals surface area contributed by atoms with Crippen LogP contribution in [0, 0.1) is 5.92 Å². The number of fused-ring (bicyclic) bond motifs is 2. The van der Waals surface area contributed by atoms with Gasteiger partial charge in [-0.1, -0.05) is 6.08 Å². The Morgan fingerprint density at radius 2 is 2.55 bits per heavy atom. The van der Waals surface area contributed by atoms with Gasteiger partial charge in [-0.2, -0.15) is 0 Å². The third-order valence-electron chi connectivity index (χ3n) is 2.66. The lowest BCUT2D eigenvalue weighted by molar-refractivity contribution is -0.112. The highest BCUT2D eigenvalue weighted by molar-refractivity contribution is 5.56. The number of hydrogen-bond donors (Lipinski definition) is 0. The Kier molecular flexibility index (Phi) is 1.57. The van der Waals surface area contributed by atoms with Crippen molar-refractivity contribution >= 4 is 6.29 Å². The summed E-state index contributed by atoms with van der Waals surface area (Å²) in [6.07, 6.45) is 5.48. The number of ether oxygens (including phenoxy) is 1. The summed E-state index contributed by atoms with van der Waals surface area (Å²) in [6.45, 7) is 2.08. The van der Waals surface area contributed by atoms with Crippen LogP contribution in [-0.4, -0.2) is 18.5 Å². The Labute approximate surface area is 66.2 Å². The van der Waals surface area contributed by atoms with Crippen LogP contribution in [0.25, 0.3) is 0 Å². The standard InChI is InChI=1S/C9H12O2/c1-6-2-3-8-7(5-10)4-9(6)11-8/h2,5,7-9H,3-4H2,1H3/t7-,8+,9+/m0/s1. The number of hydrogen-bond acceptors (Lipinski definition) is 2. The first-order chi connectivity index (χ1) is 5.31. The van der Waals surface area contributed by atoms with Crippen molar-refractivity contribution < 1.29 is 9.53 Å². The summed E-state index contributed by atoms with van der Waals surface area (Å²) in [4.78, 5) is 10.6. The van der Waals surface area contributed by atoms with Gasteiger partial charge >= 0.3 is 0 Å². The van der Waals surface area contributed by atoms with E-state index in [1.54, 1.807) is 0 Å². The molecule has 1 fully saturated rings. The summed E-state index contributed by atoms with van der Waals surface area (Å²) in [5.41, 5.74) is 1.30. The minimum Gasteiger partial charge on any atom is -0.370 e. The lowest BCUT2D eigenvalue weighted by Crippen LogP contribution is -2.19. The van der Waals surface area contributed by atoms with Gasteiger partial charge in [0, 0.05) is 5.92 Å². The topological polar surface area (TPSA) is 26.3 Å². The zero-order chi connectivity index (χ0) is 7.84. The van der Waals surface area contributed by atoms with Crippen molar-refractivity contribution in [2.75, 3.05) is 0 Å². The third kappa shape index (κ3) is 1.02. The highest BCUT2D eigenvalue weighted by atomic mass is 16.5. The zero-order valence-electron chi connectivity index (χ0n) is 6.62. The molecule has 0 unspecified atom stereocenters. The first-order valence-corrected chi connectivity index (χ1v) is 4.08. The highest BCUT2D eigenvalue weighted by Gasteiger charge is 2.37. The molecule has 1 saturated heterocycles. The number of carbonyl (C=O) groups excluding carboxylic acids is 1. The van der Waals surface area contributed by atoms with E-state index in [0.717, 1.165) is 19.1 Å². The summed E-state index contributed by atoms with van der Waals surface area (Å²) in [5, 5.41) is 0. The molecule has 0 aromatic rings. The summed E-state index contributed by atoms with van der Waals surface area (Å²) in [5.74, 6) is 0.147. The Hall–Kier alpha value is -0.630. The molecular formula is C9H12O2. The van der Waals surface area contributed by atoms with Crippen LogP contribution in [0.4, 0.5) is 0 Å². The minimum atomic E-state index is 0.147. The van der Waals surface area contributed by atoms with Gasteiger partial charge in [-0.3, -0.25) is 0 Å². The average Bonchev–Trinajstić information content (AvgIpc) is 2.37. The molecule has 2 bridgehead atoms. The van der Waals surface area contributed by atoms with Gasteiger partial charge in [0.25, 0.3) is 0 Å². The van der Waals surface area contributed by atoms with Crippen LogP contribution in [0.3, 0.4) is 0 Å². The molecule has 2 aliphatic heterocycles. The van der Waals surface area contributed by atoms with Gasteiger partial charge in [0.2, 0.25) is 0 Å². The monoisotopic (exact) mass is 152 g/mol. The maximum Gasteiger partial charge on any atom is 0.125 e. The molecule has 3 atom stereocenters. The molecule has 0 spiro atoms. The largest absolute Gasteiger partial charge is 0.370 e. The van der Waals surface area contributed by atoms with E-state index >= 15 is 0 Å². The van der Waals surface area contributed by atoms with Gasteiger partial charge in [0.15, 0.2) is 0 Å². The van der Waals surface area contributed by atoms with E-state index < -0.39 is 0 Å². The molecule has 2 heterocycles. The molecule has 2 aliphatic rings. The highest BCUT2D eigenvalue weighted by Crippen LogP contribution is 2.35. The maximum atomic E-state index is 10.6. The van der Waals surface area contributed by atoms with Crippen molar-refractivity contribution in [2.24, 2.45) is 5.92 Å². The maximum absolute atomic E-state index is 10.6. The molecule has 0 N–H and O–H groups in total. The number of aldehydes is 1. The van der Waals surface area contributed by atoms with Gasteiger partial charge in [0.05, 0.1) is 12.2 Å². The van der Waals surface area contributed by atoms with Crippen molar-refractivity contribution in [2.45, 2.75) is 32.0 Å². The summed E-state index contributed by atoms with van der Waals surface area (Å²) < 4.78 is 5.61. The molecule has 0 aliphatic carbocycles. The van der Waals surface area contributed by atoms with Crippen LogP contribution in [-0.2, 0) is 9.53 Å². The van der Waals surface area contributed by atoms with Gasteiger partial charge in [-0.05, 0) is 25.3 Å². The van der Waals surface area contributed by atoms with Gasteiger partial charge in [0.1, 0.15) is 6.29 Å². The molecule has 2 nitrogen and oxygen atoms in total. The van der Waals surface area contributed by atoms with Crippen LogP contribution in [0.15, 0.2) is 11.6 Å². The van der Waals surface area contributed by atoms with Crippen LogP contribution < -0.4 is 0 Å². The number of rotatable bonds is 1. The van der Waals surface area contributed by atoms with E-state index in [2.05, 4.69) is 13.0 Å². The van der Waals surface area contributed by atoms with Crippen molar-refractivity contribution in [3.63, 3.8) is 0 Å². The molecule has 0 radical (unpaired) electrons. The Morgan fingerprint density at radius 3 is 3.18 bits per heavy atom. The molecule has 2 heteroatoms. The quantitative estimate of drug-likeness (QED) is 0.418. The van der Waals surface area contributed by atoms with Crippen molar-refractivity contribution in [3.8, 4) is 0 Å².